The van der Waals surface area contributed by atoms with Crippen LogP contribution >= 0.6 is 11.8 Å². The Balaban J connectivity index is 0.000000521. The number of hydrogen-bond acceptors (Lipinski definition) is 9. The van der Waals surface area contributed by atoms with Gasteiger partial charge in [0.1, 0.15) is 18.0 Å². The summed E-state index contributed by atoms with van der Waals surface area (Å²) in [5.41, 5.74) is 1.14. The molecule has 1 aliphatic heterocycles. The quantitative estimate of drug-likeness (QED) is 0.265. The highest BCUT2D eigenvalue weighted by molar-refractivity contribution is 7.99. The summed E-state index contributed by atoms with van der Waals surface area (Å²) in [5, 5.41) is 24.7. The van der Waals surface area contributed by atoms with Crippen LogP contribution in [0.25, 0.3) is 0 Å². The van der Waals surface area contributed by atoms with E-state index in [1.807, 2.05) is 11.6 Å². The fraction of sp³-hybridized carbons (Fsp3) is 0.600. The van der Waals surface area contributed by atoms with Gasteiger partial charge in [0.05, 0.1) is 0 Å². The molecule has 2 aromatic heterocycles. The molecule has 2 N–H and O–H groups in total. The molecule has 3 rings (SSSR count). The predicted octanol–water partition coefficient (Wildman–Crippen LogP) is 2.87. The van der Waals surface area contributed by atoms with E-state index in [9.17, 15) is 9.59 Å². The average Bonchev–Trinajstić information content (AvgIpc) is 3.25. The number of carbonyl (C=O) groups is 2. The van der Waals surface area contributed by atoms with Crippen molar-refractivity contribution >= 4 is 29.5 Å². The first-order valence-electron chi connectivity index (χ1n) is 12.5. The number of carboxylic acid groups (broad SMARTS) is 2. The summed E-state index contributed by atoms with van der Waals surface area (Å²) in [6.45, 7) is 14.2. The van der Waals surface area contributed by atoms with Crippen LogP contribution in [-0.2, 0) is 28.5 Å². The minimum Gasteiger partial charge on any atom is -0.478 e. The van der Waals surface area contributed by atoms with Gasteiger partial charge >= 0.3 is 11.9 Å². The van der Waals surface area contributed by atoms with Gasteiger partial charge in [0.2, 0.25) is 0 Å². The fourth-order valence-electron chi connectivity index (χ4n) is 3.56. The van der Waals surface area contributed by atoms with Crippen molar-refractivity contribution in [2.45, 2.75) is 57.5 Å². The van der Waals surface area contributed by atoms with Crippen LogP contribution in [-0.4, -0.2) is 90.3 Å². The van der Waals surface area contributed by atoms with E-state index >= 15 is 0 Å². The molecular weight excluding hydrogens is 494 g/mol. The van der Waals surface area contributed by atoms with Crippen LogP contribution in [0, 0.1) is 0 Å². The van der Waals surface area contributed by atoms with Crippen LogP contribution < -0.4 is 4.90 Å². The molecule has 2 aromatic rings. The maximum Gasteiger partial charge on any atom is 0.328 e. The number of rotatable bonds is 10. The lowest BCUT2D eigenvalue weighted by Crippen LogP contribution is -2.47. The van der Waals surface area contributed by atoms with Gasteiger partial charge < -0.3 is 19.7 Å². The average molecular weight is 534 g/mol. The first-order chi connectivity index (χ1) is 17.5. The Morgan fingerprint density at radius 2 is 1.73 bits per heavy atom. The van der Waals surface area contributed by atoms with Crippen LogP contribution in [0.15, 0.2) is 29.7 Å². The molecule has 1 aliphatic rings. The van der Waals surface area contributed by atoms with Crippen molar-refractivity contribution in [3.8, 4) is 0 Å². The molecule has 0 aromatic carbocycles. The van der Waals surface area contributed by atoms with Crippen LogP contribution in [0.3, 0.4) is 0 Å². The van der Waals surface area contributed by atoms with E-state index in [-0.39, 0.29) is 5.41 Å². The lowest BCUT2D eigenvalue weighted by atomic mass is 9.95. The first-order valence-corrected chi connectivity index (χ1v) is 13.4. The highest BCUT2D eigenvalue weighted by atomic mass is 32.2. The lowest BCUT2D eigenvalue weighted by molar-refractivity contribution is -0.134. The van der Waals surface area contributed by atoms with Crippen molar-refractivity contribution in [1.29, 1.82) is 0 Å². The van der Waals surface area contributed by atoms with E-state index in [2.05, 4.69) is 53.8 Å². The molecule has 37 heavy (non-hydrogen) atoms. The molecule has 3 heterocycles. The van der Waals surface area contributed by atoms with Gasteiger partial charge in [-0.25, -0.2) is 19.6 Å². The Morgan fingerprint density at radius 3 is 2.24 bits per heavy atom. The molecule has 204 valence electrons. The molecule has 1 saturated heterocycles. The summed E-state index contributed by atoms with van der Waals surface area (Å²) in [6.07, 6.45) is 6.16. The van der Waals surface area contributed by atoms with Crippen molar-refractivity contribution in [3.05, 3.63) is 36.1 Å². The van der Waals surface area contributed by atoms with Crippen LogP contribution in [0.4, 0.5) is 5.82 Å². The second-order valence-electron chi connectivity index (χ2n) is 9.81. The smallest absolute Gasteiger partial charge is 0.328 e. The molecular formula is C25H39N7O4S. The minimum absolute atomic E-state index is 0.0271. The molecule has 11 nitrogen and oxygen atoms in total. The van der Waals surface area contributed by atoms with Crippen LogP contribution in [0.1, 0.15) is 52.1 Å². The van der Waals surface area contributed by atoms with E-state index in [1.54, 1.807) is 18.1 Å². The zero-order chi connectivity index (χ0) is 27.4. The van der Waals surface area contributed by atoms with Crippen molar-refractivity contribution in [2.75, 3.05) is 43.4 Å². The Kier molecular flexibility index (Phi) is 12.0. The largest absolute Gasteiger partial charge is 0.478 e. The van der Waals surface area contributed by atoms with Crippen LogP contribution in [0.5, 0.6) is 0 Å². The third kappa shape index (κ3) is 10.9. The van der Waals surface area contributed by atoms with Gasteiger partial charge in [-0.2, -0.15) is 0 Å². The number of nitrogens with zero attached hydrogens (tertiary/aromatic N) is 7. The zero-order valence-corrected chi connectivity index (χ0v) is 23.2. The van der Waals surface area contributed by atoms with Gasteiger partial charge in [0.25, 0.3) is 0 Å². The third-order valence-electron chi connectivity index (χ3n) is 5.53. The number of piperazine rings is 1. The Labute approximate surface area is 223 Å². The summed E-state index contributed by atoms with van der Waals surface area (Å²) in [5.74, 6) is 0.626. The van der Waals surface area contributed by atoms with Crippen LogP contribution in [0.2, 0.25) is 0 Å². The van der Waals surface area contributed by atoms with Gasteiger partial charge in [-0.3, -0.25) is 4.90 Å². The molecule has 0 bridgehead atoms. The summed E-state index contributed by atoms with van der Waals surface area (Å²) >= 11 is 1.79. The number of carboxylic acids is 2. The first kappa shape index (κ1) is 30.2. The molecule has 0 unspecified atom stereocenters. The zero-order valence-electron chi connectivity index (χ0n) is 22.4. The normalized spacial score (nSPS) is 14.5. The SMILES string of the molecule is CCCc1cc(N2CCN(CCCSc3nncn3C)CC2)nc(C(C)(C)C)n1.O=C(O)C=CC(=O)O. The molecule has 1 fully saturated rings. The van der Waals surface area contributed by atoms with Crippen molar-refractivity contribution in [1.82, 2.24) is 29.6 Å². The van der Waals surface area contributed by atoms with Gasteiger partial charge in [0.15, 0.2) is 5.16 Å². The Morgan fingerprint density at radius 1 is 1.08 bits per heavy atom. The summed E-state index contributed by atoms with van der Waals surface area (Å²) in [4.78, 5) is 33.8. The fourth-order valence-corrected chi connectivity index (χ4v) is 4.37. The van der Waals surface area contributed by atoms with Crippen molar-refractivity contribution in [3.63, 3.8) is 0 Å². The van der Waals surface area contributed by atoms with Crippen molar-refractivity contribution in [2.24, 2.45) is 7.05 Å². The second kappa shape index (κ2) is 14.7. The molecule has 0 amide bonds. The number of aliphatic carboxylic acids is 2. The van der Waals surface area contributed by atoms with Gasteiger partial charge in [-0.15, -0.1) is 10.2 Å². The Bertz CT molecular complexity index is 1030. The topological polar surface area (TPSA) is 138 Å². The number of anilines is 1. The minimum atomic E-state index is -1.26. The number of aromatic nitrogens is 5. The number of thioether (sulfide) groups is 1. The molecule has 0 atom stereocenters. The monoisotopic (exact) mass is 533 g/mol. The van der Waals surface area contributed by atoms with E-state index in [0.29, 0.717) is 12.2 Å². The van der Waals surface area contributed by atoms with Gasteiger partial charge in [0, 0.05) is 68.3 Å². The van der Waals surface area contributed by atoms with Gasteiger partial charge in [-0.1, -0.05) is 45.9 Å². The van der Waals surface area contributed by atoms with Gasteiger partial charge in [-0.05, 0) is 19.4 Å². The van der Waals surface area contributed by atoms with E-state index < -0.39 is 11.9 Å². The maximum atomic E-state index is 9.55. The van der Waals surface area contributed by atoms with E-state index in [0.717, 1.165) is 68.1 Å². The third-order valence-corrected chi connectivity index (χ3v) is 6.65. The summed E-state index contributed by atoms with van der Waals surface area (Å²) < 4.78 is 1.98. The second-order valence-corrected chi connectivity index (χ2v) is 10.9. The highest BCUT2D eigenvalue weighted by Gasteiger charge is 2.23. The molecule has 0 aliphatic carbocycles. The lowest BCUT2D eigenvalue weighted by Gasteiger charge is -2.36. The number of hydrogen-bond donors (Lipinski definition) is 2. The standard InChI is InChI=1S/C21H35N7S.C4H4O4/c1-6-8-17-15-18(24-19(23-17)21(2,3)4)28-12-10-27(11-13-28)9-7-14-29-20-25-22-16-26(20)5;5-3(6)1-2-4(7)8/h15-16H,6-14H2,1-5H3;1-2H,(H,5,6)(H,7,8). The summed E-state index contributed by atoms with van der Waals surface area (Å²) in [6, 6.07) is 2.20. The molecule has 0 radical (unpaired) electrons. The van der Waals surface area contributed by atoms with Crippen molar-refractivity contribution < 1.29 is 19.8 Å². The van der Waals surface area contributed by atoms with E-state index in [1.165, 1.54) is 12.1 Å². The molecule has 12 heteroatoms. The van der Waals surface area contributed by atoms with E-state index in [4.69, 9.17) is 20.2 Å². The molecule has 0 spiro atoms. The summed E-state index contributed by atoms with van der Waals surface area (Å²) in [7, 11) is 1.99. The Hall–Kier alpha value is -2.99. The maximum absolute atomic E-state index is 9.55. The predicted molar refractivity (Wildman–Crippen MR) is 144 cm³/mol. The molecule has 0 saturated carbocycles. The number of aryl methyl sites for hydroxylation is 2. The highest BCUT2D eigenvalue weighted by Crippen LogP contribution is 2.24.